The van der Waals surface area contributed by atoms with Crippen molar-refractivity contribution in [2.45, 2.75) is 26.2 Å². The van der Waals surface area contributed by atoms with Crippen molar-refractivity contribution in [3.05, 3.63) is 64.7 Å². The summed E-state index contributed by atoms with van der Waals surface area (Å²) in [5, 5.41) is 5.72. The molecular formula is C19H21ClN2O2. The first kappa shape index (κ1) is 18.0. The number of halogens is 1. The molecule has 0 fully saturated rings. The van der Waals surface area contributed by atoms with Crippen LogP contribution in [0.1, 0.15) is 24.0 Å². The van der Waals surface area contributed by atoms with Crippen LogP contribution in [-0.4, -0.2) is 18.4 Å². The van der Waals surface area contributed by atoms with Gasteiger partial charge in [0.15, 0.2) is 0 Å². The standard InChI is InChI=1S/C19H21ClN2O2/c1-14-10-11-16(13-17(14)20)22-19(24)18(23)21-12-6-5-9-15-7-3-2-4-8-15/h2-4,7-8,10-11,13H,5-6,9,12H2,1H3,(H,21,23)(H,22,24). The Balaban J connectivity index is 1.68. The van der Waals surface area contributed by atoms with Crippen LogP contribution in [0.5, 0.6) is 0 Å². The molecule has 0 atom stereocenters. The summed E-state index contributed by atoms with van der Waals surface area (Å²) in [5.74, 6) is -1.32. The monoisotopic (exact) mass is 344 g/mol. The van der Waals surface area contributed by atoms with Gasteiger partial charge in [-0.1, -0.05) is 48.0 Å². The number of aryl methyl sites for hydroxylation is 2. The molecular weight excluding hydrogens is 324 g/mol. The van der Waals surface area contributed by atoms with Crippen molar-refractivity contribution in [1.29, 1.82) is 0 Å². The summed E-state index contributed by atoms with van der Waals surface area (Å²) in [6, 6.07) is 15.3. The minimum absolute atomic E-state index is 0.480. The third-order valence-electron chi connectivity index (χ3n) is 3.66. The Kier molecular flexibility index (Phi) is 6.82. The van der Waals surface area contributed by atoms with Gasteiger partial charge in [-0.25, -0.2) is 0 Å². The van der Waals surface area contributed by atoms with Gasteiger partial charge in [0, 0.05) is 17.3 Å². The molecule has 0 aliphatic rings. The molecule has 0 aromatic heterocycles. The van der Waals surface area contributed by atoms with E-state index in [4.69, 9.17) is 11.6 Å². The summed E-state index contributed by atoms with van der Waals surface area (Å²) in [7, 11) is 0. The zero-order valence-electron chi connectivity index (χ0n) is 13.6. The molecule has 0 aliphatic heterocycles. The molecule has 5 heteroatoms. The van der Waals surface area contributed by atoms with Crippen LogP contribution >= 0.6 is 11.6 Å². The predicted octanol–water partition coefficient (Wildman–Crippen LogP) is 3.73. The van der Waals surface area contributed by atoms with E-state index in [2.05, 4.69) is 22.8 Å². The SMILES string of the molecule is Cc1ccc(NC(=O)C(=O)NCCCCc2ccccc2)cc1Cl. The van der Waals surface area contributed by atoms with Gasteiger partial charge in [0.25, 0.3) is 0 Å². The number of benzene rings is 2. The zero-order chi connectivity index (χ0) is 17.4. The number of carbonyl (C=O) groups excluding carboxylic acids is 2. The highest BCUT2D eigenvalue weighted by Crippen LogP contribution is 2.19. The van der Waals surface area contributed by atoms with Crippen molar-refractivity contribution in [2.75, 3.05) is 11.9 Å². The minimum Gasteiger partial charge on any atom is -0.348 e. The molecule has 0 bridgehead atoms. The van der Waals surface area contributed by atoms with E-state index in [0.717, 1.165) is 24.8 Å². The highest BCUT2D eigenvalue weighted by molar-refractivity contribution is 6.39. The fourth-order valence-electron chi connectivity index (χ4n) is 2.24. The Morgan fingerprint density at radius 3 is 2.46 bits per heavy atom. The Hall–Kier alpha value is -2.33. The van der Waals surface area contributed by atoms with E-state index in [-0.39, 0.29) is 0 Å². The fourth-order valence-corrected chi connectivity index (χ4v) is 2.42. The van der Waals surface area contributed by atoms with Crippen LogP contribution in [0, 0.1) is 6.92 Å². The molecule has 24 heavy (non-hydrogen) atoms. The largest absolute Gasteiger partial charge is 0.348 e. The predicted molar refractivity (Wildman–Crippen MR) is 97.2 cm³/mol. The van der Waals surface area contributed by atoms with Gasteiger partial charge in [-0.3, -0.25) is 9.59 Å². The van der Waals surface area contributed by atoms with Crippen molar-refractivity contribution in [1.82, 2.24) is 5.32 Å². The normalized spacial score (nSPS) is 10.2. The molecule has 2 N–H and O–H groups in total. The maximum absolute atomic E-state index is 11.8. The molecule has 2 amide bonds. The van der Waals surface area contributed by atoms with Gasteiger partial charge in [-0.15, -0.1) is 0 Å². The Bertz CT molecular complexity index is 702. The lowest BCUT2D eigenvalue weighted by molar-refractivity contribution is -0.136. The van der Waals surface area contributed by atoms with Gasteiger partial charge in [0.05, 0.1) is 0 Å². The quantitative estimate of drug-likeness (QED) is 0.619. The molecule has 0 saturated heterocycles. The maximum Gasteiger partial charge on any atom is 0.313 e. The topological polar surface area (TPSA) is 58.2 Å². The summed E-state index contributed by atoms with van der Waals surface area (Å²) >= 11 is 5.99. The Labute approximate surface area is 147 Å². The van der Waals surface area contributed by atoms with Crippen LogP contribution in [-0.2, 0) is 16.0 Å². The first-order valence-corrected chi connectivity index (χ1v) is 8.33. The van der Waals surface area contributed by atoms with Crippen LogP contribution in [0.4, 0.5) is 5.69 Å². The average Bonchev–Trinajstić information content (AvgIpc) is 2.58. The summed E-state index contributed by atoms with van der Waals surface area (Å²) in [5.41, 5.74) is 2.70. The summed E-state index contributed by atoms with van der Waals surface area (Å²) in [4.78, 5) is 23.6. The molecule has 0 radical (unpaired) electrons. The van der Waals surface area contributed by atoms with Gasteiger partial charge < -0.3 is 10.6 Å². The van der Waals surface area contributed by atoms with E-state index in [0.29, 0.717) is 17.3 Å². The highest BCUT2D eigenvalue weighted by Gasteiger charge is 2.13. The molecule has 0 spiro atoms. The number of unbranched alkanes of at least 4 members (excludes halogenated alkanes) is 1. The molecule has 0 aliphatic carbocycles. The van der Waals surface area contributed by atoms with Gasteiger partial charge >= 0.3 is 11.8 Å². The van der Waals surface area contributed by atoms with E-state index in [9.17, 15) is 9.59 Å². The molecule has 2 rings (SSSR count). The lowest BCUT2D eigenvalue weighted by Gasteiger charge is -2.08. The average molecular weight is 345 g/mol. The Morgan fingerprint density at radius 2 is 1.75 bits per heavy atom. The van der Waals surface area contributed by atoms with Crippen LogP contribution in [0.2, 0.25) is 5.02 Å². The van der Waals surface area contributed by atoms with E-state index in [1.165, 1.54) is 5.56 Å². The zero-order valence-corrected chi connectivity index (χ0v) is 14.4. The fraction of sp³-hybridized carbons (Fsp3) is 0.263. The molecule has 126 valence electrons. The molecule has 2 aromatic rings. The third-order valence-corrected chi connectivity index (χ3v) is 4.06. The molecule has 0 unspecified atom stereocenters. The van der Waals surface area contributed by atoms with Gasteiger partial charge in [0.1, 0.15) is 0 Å². The smallest absolute Gasteiger partial charge is 0.313 e. The highest BCUT2D eigenvalue weighted by atomic mass is 35.5. The van der Waals surface area contributed by atoms with Crippen molar-refractivity contribution in [2.24, 2.45) is 0 Å². The third kappa shape index (κ3) is 5.70. The van der Waals surface area contributed by atoms with Crippen molar-refractivity contribution in [3.8, 4) is 0 Å². The van der Waals surface area contributed by atoms with E-state index >= 15 is 0 Å². The first-order valence-electron chi connectivity index (χ1n) is 7.95. The number of hydrogen-bond acceptors (Lipinski definition) is 2. The lowest BCUT2D eigenvalue weighted by Crippen LogP contribution is -2.35. The van der Waals surface area contributed by atoms with Crippen LogP contribution < -0.4 is 10.6 Å². The number of amides is 2. The number of anilines is 1. The second-order valence-electron chi connectivity index (χ2n) is 5.62. The number of rotatable bonds is 6. The number of hydrogen-bond donors (Lipinski definition) is 2. The van der Waals surface area contributed by atoms with Gasteiger partial charge in [-0.2, -0.15) is 0 Å². The molecule has 2 aromatic carbocycles. The molecule has 4 nitrogen and oxygen atoms in total. The number of nitrogens with one attached hydrogen (secondary N) is 2. The van der Waals surface area contributed by atoms with Crippen molar-refractivity contribution < 1.29 is 9.59 Å². The first-order chi connectivity index (χ1) is 11.6. The van der Waals surface area contributed by atoms with E-state index < -0.39 is 11.8 Å². The van der Waals surface area contributed by atoms with Crippen molar-refractivity contribution in [3.63, 3.8) is 0 Å². The second kappa shape index (κ2) is 9.08. The molecule has 0 heterocycles. The van der Waals surface area contributed by atoms with E-state index in [1.54, 1.807) is 18.2 Å². The van der Waals surface area contributed by atoms with Gasteiger partial charge in [-0.05, 0) is 49.4 Å². The van der Waals surface area contributed by atoms with Crippen LogP contribution in [0.25, 0.3) is 0 Å². The second-order valence-corrected chi connectivity index (χ2v) is 6.02. The summed E-state index contributed by atoms with van der Waals surface area (Å²) in [6.07, 6.45) is 2.74. The minimum atomic E-state index is -0.682. The summed E-state index contributed by atoms with van der Waals surface area (Å²) < 4.78 is 0. The van der Waals surface area contributed by atoms with Gasteiger partial charge in [0.2, 0.25) is 0 Å². The maximum atomic E-state index is 11.8. The number of carbonyl (C=O) groups is 2. The lowest BCUT2D eigenvalue weighted by atomic mass is 10.1. The summed E-state index contributed by atoms with van der Waals surface area (Å²) in [6.45, 7) is 2.35. The van der Waals surface area contributed by atoms with Crippen molar-refractivity contribution >= 4 is 29.1 Å². The van der Waals surface area contributed by atoms with Crippen LogP contribution in [0.15, 0.2) is 48.5 Å². The Morgan fingerprint density at radius 1 is 1.00 bits per heavy atom. The van der Waals surface area contributed by atoms with Crippen LogP contribution in [0.3, 0.4) is 0 Å². The molecule has 0 saturated carbocycles. The van der Waals surface area contributed by atoms with E-state index in [1.807, 2.05) is 25.1 Å².